The number of hydrogen-bond acceptors (Lipinski definition) is 5. The van der Waals surface area contributed by atoms with Gasteiger partial charge in [0.25, 0.3) is 5.91 Å². The van der Waals surface area contributed by atoms with E-state index in [1.54, 1.807) is 48.5 Å². The molecule has 0 saturated heterocycles. The molecule has 9 heteroatoms. The molecule has 0 aromatic heterocycles. The van der Waals surface area contributed by atoms with Crippen LogP contribution in [0.1, 0.15) is 10.4 Å². The second kappa shape index (κ2) is 8.51. The van der Waals surface area contributed by atoms with Crippen LogP contribution < -0.4 is 19.1 Å². The van der Waals surface area contributed by atoms with Crippen LogP contribution in [0.2, 0.25) is 0 Å². The summed E-state index contributed by atoms with van der Waals surface area (Å²) in [4.78, 5) is 13.0. The molecule has 1 amide bonds. The molecule has 0 spiro atoms. The van der Waals surface area contributed by atoms with Gasteiger partial charge in [-0.3, -0.25) is 9.10 Å². The number of nitrogens with one attached hydrogen (secondary N) is 1. The van der Waals surface area contributed by atoms with Gasteiger partial charge in [-0.2, -0.15) is 0 Å². The highest BCUT2D eigenvalue weighted by atomic mass is 32.2. The second-order valence-corrected chi connectivity index (χ2v) is 9.27. The van der Waals surface area contributed by atoms with E-state index in [1.165, 1.54) is 19.2 Å². The first kappa shape index (κ1) is 21.6. The summed E-state index contributed by atoms with van der Waals surface area (Å²) in [5.41, 5.74) is 1.60. The highest BCUT2D eigenvalue weighted by Crippen LogP contribution is 2.35. The van der Waals surface area contributed by atoms with E-state index in [0.29, 0.717) is 41.4 Å². The Hall–Kier alpha value is -3.59. The molecule has 0 atom stereocenters. The van der Waals surface area contributed by atoms with Crippen LogP contribution in [0.25, 0.3) is 11.1 Å². The number of halogens is 1. The summed E-state index contributed by atoms with van der Waals surface area (Å²) in [7, 11) is -2.22. The van der Waals surface area contributed by atoms with E-state index >= 15 is 0 Å². The summed E-state index contributed by atoms with van der Waals surface area (Å²) in [6.07, 6.45) is 1.06. The van der Waals surface area contributed by atoms with Crippen molar-refractivity contribution >= 4 is 27.3 Å². The van der Waals surface area contributed by atoms with Crippen LogP contribution in [0.3, 0.4) is 0 Å². The number of anilines is 2. The van der Waals surface area contributed by atoms with E-state index in [1.807, 2.05) is 0 Å². The minimum atomic E-state index is -3.61. The van der Waals surface area contributed by atoms with Gasteiger partial charge in [0, 0.05) is 18.2 Å². The molecule has 1 aliphatic heterocycles. The molecule has 0 bridgehead atoms. The molecule has 0 fully saturated rings. The highest BCUT2D eigenvalue weighted by Gasteiger charge is 2.20. The predicted molar refractivity (Wildman–Crippen MR) is 120 cm³/mol. The van der Waals surface area contributed by atoms with Crippen molar-refractivity contribution in [1.82, 2.24) is 0 Å². The molecule has 1 heterocycles. The molecule has 0 saturated carbocycles. The van der Waals surface area contributed by atoms with Crippen molar-refractivity contribution in [2.75, 3.05) is 36.1 Å². The van der Waals surface area contributed by atoms with Crippen LogP contribution in [0.5, 0.6) is 11.5 Å². The Kier molecular flexibility index (Phi) is 5.75. The zero-order chi connectivity index (χ0) is 22.9. The summed E-state index contributed by atoms with van der Waals surface area (Å²) in [5, 5.41) is 2.75. The number of ether oxygens (including phenoxy) is 2. The smallest absolute Gasteiger partial charge is 0.255 e. The average molecular weight is 456 g/mol. The summed E-state index contributed by atoms with van der Waals surface area (Å²) in [5.74, 6) is 0.0981. The van der Waals surface area contributed by atoms with Gasteiger partial charge >= 0.3 is 0 Å². The molecule has 0 aliphatic carbocycles. The Morgan fingerprint density at radius 1 is 1.00 bits per heavy atom. The minimum Gasteiger partial charge on any atom is -0.486 e. The third-order valence-electron chi connectivity index (χ3n) is 5.07. The van der Waals surface area contributed by atoms with E-state index in [-0.39, 0.29) is 11.4 Å². The number of carbonyl (C=O) groups is 1. The first-order chi connectivity index (χ1) is 15.2. The van der Waals surface area contributed by atoms with Gasteiger partial charge in [-0.1, -0.05) is 24.3 Å². The van der Waals surface area contributed by atoms with Gasteiger partial charge < -0.3 is 14.8 Å². The highest BCUT2D eigenvalue weighted by molar-refractivity contribution is 7.92. The number of amides is 1. The first-order valence-electron chi connectivity index (χ1n) is 9.78. The fraction of sp³-hybridized carbons (Fsp3) is 0.174. The molecule has 0 unspecified atom stereocenters. The molecule has 3 aromatic carbocycles. The summed E-state index contributed by atoms with van der Waals surface area (Å²) in [6.45, 7) is 0.814. The Morgan fingerprint density at radius 3 is 2.44 bits per heavy atom. The van der Waals surface area contributed by atoms with Crippen LogP contribution in [0.15, 0.2) is 60.7 Å². The molecular formula is C23H21FN2O5S. The monoisotopic (exact) mass is 456 g/mol. The van der Waals surface area contributed by atoms with E-state index < -0.39 is 21.7 Å². The maximum atomic E-state index is 14.3. The predicted octanol–water partition coefficient (Wildman–Crippen LogP) is 3.91. The third kappa shape index (κ3) is 4.38. The molecular weight excluding hydrogens is 435 g/mol. The van der Waals surface area contributed by atoms with E-state index in [9.17, 15) is 17.6 Å². The van der Waals surface area contributed by atoms with Crippen molar-refractivity contribution in [2.45, 2.75) is 0 Å². The van der Waals surface area contributed by atoms with Gasteiger partial charge in [0.15, 0.2) is 11.5 Å². The normalized spacial score (nSPS) is 12.8. The van der Waals surface area contributed by atoms with Crippen molar-refractivity contribution in [3.05, 3.63) is 72.0 Å². The Balaban J connectivity index is 1.74. The molecule has 32 heavy (non-hydrogen) atoms. The van der Waals surface area contributed by atoms with Crippen molar-refractivity contribution in [3.8, 4) is 22.6 Å². The lowest BCUT2D eigenvalue weighted by Crippen LogP contribution is -2.26. The number of sulfonamides is 1. The van der Waals surface area contributed by atoms with Crippen molar-refractivity contribution in [1.29, 1.82) is 0 Å². The Morgan fingerprint density at radius 2 is 1.72 bits per heavy atom. The number of carbonyl (C=O) groups excluding carboxylic acids is 1. The van der Waals surface area contributed by atoms with Crippen LogP contribution in [0.4, 0.5) is 15.8 Å². The van der Waals surface area contributed by atoms with E-state index in [4.69, 9.17) is 9.47 Å². The maximum Gasteiger partial charge on any atom is 0.255 e. The van der Waals surface area contributed by atoms with Crippen LogP contribution >= 0.6 is 0 Å². The van der Waals surface area contributed by atoms with Crippen LogP contribution in [0, 0.1) is 5.82 Å². The molecule has 4 rings (SSSR count). The Bertz CT molecular complexity index is 1290. The van der Waals surface area contributed by atoms with Crippen molar-refractivity contribution < 1.29 is 27.1 Å². The third-order valence-corrected chi connectivity index (χ3v) is 6.26. The van der Waals surface area contributed by atoms with E-state index in [2.05, 4.69) is 5.32 Å². The number of rotatable bonds is 5. The molecule has 0 radical (unpaired) electrons. The standard InChI is InChI=1S/C23H21FN2O5S/c1-26(32(2,28)29)20-9-7-15(17-5-3-4-6-18(17)24)13-19(20)25-23(27)16-8-10-21-22(14-16)31-12-11-30-21/h3-10,13-14H,11-12H2,1-2H3,(H,25,27). The maximum absolute atomic E-state index is 14.3. The summed E-state index contributed by atoms with van der Waals surface area (Å²) >= 11 is 0. The van der Waals surface area contributed by atoms with Gasteiger partial charge in [0.1, 0.15) is 19.0 Å². The molecule has 1 aliphatic rings. The number of nitrogens with zero attached hydrogens (tertiary/aromatic N) is 1. The SMILES string of the molecule is CN(c1ccc(-c2ccccc2F)cc1NC(=O)c1ccc2c(c1)OCCO2)S(C)(=O)=O. The fourth-order valence-corrected chi connectivity index (χ4v) is 3.85. The zero-order valence-corrected chi connectivity index (χ0v) is 18.3. The fourth-order valence-electron chi connectivity index (χ4n) is 3.33. The number of fused-ring (bicyclic) bond motifs is 1. The summed E-state index contributed by atoms with van der Waals surface area (Å²) < 4.78 is 50.6. The van der Waals surface area contributed by atoms with Crippen LogP contribution in [-0.2, 0) is 10.0 Å². The van der Waals surface area contributed by atoms with Gasteiger partial charge in [-0.05, 0) is 42.0 Å². The number of hydrogen-bond donors (Lipinski definition) is 1. The van der Waals surface area contributed by atoms with Gasteiger partial charge in [0.05, 0.1) is 17.6 Å². The molecule has 1 N–H and O–H groups in total. The lowest BCUT2D eigenvalue weighted by molar-refractivity contribution is 0.102. The van der Waals surface area contributed by atoms with Gasteiger partial charge in [0.2, 0.25) is 10.0 Å². The molecule has 7 nitrogen and oxygen atoms in total. The largest absolute Gasteiger partial charge is 0.486 e. The zero-order valence-electron chi connectivity index (χ0n) is 17.5. The first-order valence-corrected chi connectivity index (χ1v) is 11.6. The lowest BCUT2D eigenvalue weighted by atomic mass is 10.0. The molecule has 3 aromatic rings. The quantitative estimate of drug-likeness (QED) is 0.629. The van der Waals surface area contributed by atoms with Crippen molar-refractivity contribution in [2.24, 2.45) is 0 Å². The lowest BCUT2D eigenvalue weighted by Gasteiger charge is -2.22. The van der Waals surface area contributed by atoms with E-state index in [0.717, 1.165) is 10.6 Å². The Labute approximate surface area is 185 Å². The topological polar surface area (TPSA) is 84.9 Å². The number of benzene rings is 3. The van der Waals surface area contributed by atoms with Crippen LogP contribution in [-0.4, -0.2) is 40.8 Å². The minimum absolute atomic E-state index is 0.221. The van der Waals surface area contributed by atoms with Gasteiger partial charge in [-0.25, -0.2) is 12.8 Å². The van der Waals surface area contributed by atoms with Gasteiger partial charge in [-0.15, -0.1) is 0 Å². The average Bonchev–Trinajstić information content (AvgIpc) is 2.78. The summed E-state index contributed by atoms with van der Waals surface area (Å²) in [6, 6.07) is 15.7. The molecule has 166 valence electrons. The van der Waals surface area contributed by atoms with Crippen molar-refractivity contribution in [3.63, 3.8) is 0 Å². The second-order valence-electron chi connectivity index (χ2n) is 7.25.